The first-order valence-electron chi connectivity index (χ1n) is 7.14. The summed E-state index contributed by atoms with van der Waals surface area (Å²) in [6.45, 7) is 0. The van der Waals surface area contributed by atoms with Crippen molar-refractivity contribution >= 4 is 34.9 Å². The smallest absolute Gasteiger partial charge is 0.211 e. The van der Waals surface area contributed by atoms with Crippen molar-refractivity contribution in [3.63, 3.8) is 0 Å². The van der Waals surface area contributed by atoms with Gasteiger partial charge in [0.2, 0.25) is 5.16 Å². The molecule has 1 aliphatic rings. The predicted molar refractivity (Wildman–Crippen MR) is 94.0 cm³/mol. The summed E-state index contributed by atoms with van der Waals surface area (Å²) in [7, 11) is 0. The number of rotatable bonds is 2. The first-order chi connectivity index (χ1) is 11.7. The van der Waals surface area contributed by atoms with Crippen molar-refractivity contribution in [3.05, 3.63) is 59.4 Å². The number of hydrogen-bond acceptors (Lipinski definition) is 4. The lowest BCUT2D eigenvalue weighted by atomic mass is 10.2. The number of aromatic nitrogens is 3. The average molecular weight is 360 g/mol. The van der Waals surface area contributed by atoms with Crippen LogP contribution in [-0.2, 0) is 0 Å². The van der Waals surface area contributed by atoms with E-state index in [1.54, 1.807) is 10.7 Å². The fraction of sp³-hybridized carbons (Fsp3) is 0.0625. The molecule has 4 rings (SSSR count). The summed E-state index contributed by atoms with van der Waals surface area (Å²) in [5.41, 5.74) is 4.64. The standard InChI is InChI=1S/C16H11ClFN5S/c17-12-7-6-11(8-13(12)18)19-14-9-24-16-21-20-15(23(16)22-14)10-4-2-1-3-5-10/h1-8H,9H2,(H,19,22). The van der Waals surface area contributed by atoms with Crippen molar-refractivity contribution in [2.75, 3.05) is 11.2 Å². The molecule has 2 heterocycles. The molecular formula is C16H11ClFN5S. The Kier molecular flexibility index (Phi) is 3.95. The third kappa shape index (κ3) is 2.88. The van der Waals surface area contributed by atoms with Crippen molar-refractivity contribution in [1.29, 1.82) is 0 Å². The molecule has 2 aromatic carbocycles. The molecule has 0 amide bonds. The molecule has 1 N–H and O–H groups in total. The van der Waals surface area contributed by atoms with Crippen molar-refractivity contribution in [1.82, 2.24) is 14.9 Å². The number of amidine groups is 1. The van der Waals surface area contributed by atoms with E-state index < -0.39 is 5.82 Å². The van der Waals surface area contributed by atoms with Gasteiger partial charge in [0.1, 0.15) is 11.7 Å². The molecule has 0 atom stereocenters. The van der Waals surface area contributed by atoms with E-state index in [1.165, 1.54) is 23.9 Å². The molecule has 0 spiro atoms. The Bertz CT molecular complexity index is 925. The van der Waals surface area contributed by atoms with E-state index in [0.29, 0.717) is 23.1 Å². The summed E-state index contributed by atoms with van der Waals surface area (Å²) in [5, 5.41) is 9.25. The first kappa shape index (κ1) is 15.2. The minimum Gasteiger partial charge on any atom is -0.276 e. The van der Waals surface area contributed by atoms with Gasteiger partial charge in [0.15, 0.2) is 5.82 Å². The topological polar surface area (TPSA) is 55.1 Å². The molecule has 0 radical (unpaired) electrons. The first-order valence-corrected chi connectivity index (χ1v) is 8.50. The fourth-order valence-corrected chi connectivity index (χ4v) is 3.17. The van der Waals surface area contributed by atoms with E-state index >= 15 is 0 Å². The van der Waals surface area contributed by atoms with Gasteiger partial charge in [-0.05, 0) is 12.1 Å². The van der Waals surface area contributed by atoms with Crippen LogP contribution in [0.4, 0.5) is 10.1 Å². The minimum absolute atomic E-state index is 0.0809. The van der Waals surface area contributed by atoms with Crippen molar-refractivity contribution in [3.8, 4) is 11.4 Å². The van der Waals surface area contributed by atoms with Gasteiger partial charge in [-0.1, -0.05) is 53.7 Å². The molecule has 1 aromatic heterocycles. The largest absolute Gasteiger partial charge is 0.276 e. The summed E-state index contributed by atoms with van der Waals surface area (Å²) in [5.74, 6) is 1.49. The van der Waals surface area contributed by atoms with E-state index in [2.05, 4.69) is 20.6 Å². The monoisotopic (exact) mass is 359 g/mol. The zero-order valence-electron chi connectivity index (χ0n) is 12.3. The molecule has 5 nitrogen and oxygen atoms in total. The van der Waals surface area contributed by atoms with Crippen LogP contribution in [-0.4, -0.2) is 26.5 Å². The lowest BCUT2D eigenvalue weighted by Gasteiger charge is -2.18. The van der Waals surface area contributed by atoms with Crippen LogP contribution < -0.4 is 5.43 Å². The number of fused-ring (bicyclic) bond motifs is 1. The minimum atomic E-state index is -0.489. The maximum atomic E-state index is 13.6. The Morgan fingerprint density at radius 3 is 2.79 bits per heavy atom. The molecule has 0 aliphatic carbocycles. The second-order valence-corrected chi connectivity index (χ2v) is 6.41. The Morgan fingerprint density at radius 2 is 2.00 bits per heavy atom. The van der Waals surface area contributed by atoms with Crippen LogP contribution in [0.15, 0.2) is 58.7 Å². The molecule has 3 aromatic rings. The summed E-state index contributed by atoms with van der Waals surface area (Å²) in [6.07, 6.45) is 0. The van der Waals surface area contributed by atoms with Crippen molar-refractivity contribution < 1.29 is 4.39 Å². The highest BCUT2D eigenvalue weighted by molar-refractivity contribution is 7.99. The summed E-state index contributed by atoms with van der Waals surface area (Å²) in [6, 6.07) is 14.2. The van der Waals surface area contributed by atoms with Crippen LogP contribution in [0, 0.1) is 5.82 Å². The number of nitrogens with one attached hydrogen (secondary N) is 1. The molecule has 0 saturated carbocycles. The van der Waals surface area contributed by atoms with E-state index in [0.717, 1.165) is 10.7 Å². The van der Waals surface area contributed by atoms with Gasteiger partial charge in [-0.2, -0.15) is 0 Å². The molecule has 0 saturated heterocycles. The quantitative estimate of drug-likeness (QED) is 0.748. The summed E-state index contributed by atoms with van der Waals surface area (Å²) >= 11 is 7.22. The number of halogens is 2. The van der Waals surface area contributed by atoms with Gasteiger partial charge in [0.25, 0.3) is 0 Å². The number of nitrogens with zero attached hydrogens (tertiary/aromatic N) is 4. The second kappa shape index (κ2) is 6.26. The Balaban J connectivity index is 1.67. The number of hydrogen-bond donors (Lipinski definition) is 1. The van der Waals surface area contributed by atoms with Crippen LogP contribution in [0.3, 0.4) is 0 Å². The van der Waals surface area contributed by atoms with Crippen LogP contribution in [0.5, 0.6) is 0 Å². The molecule has 1 aliphatic heterocycles. The van der Waals surface area contributed by atoms with Crippen LogP contribution in [0.2, 0.25) is 5.02 Å². The van der Waals surface area contributed by atoms with Gasteiger partial charge in [0, 0.05) is 11.6 Å². The van der Waals surface area contributed by atoms with Crippen molar-refractivity contribution in [2.45, 2.75) is 5.16 Å². The maximum absolute atomic E-state index is 13.6. The highest BCUT2D eigenvalue weighted by Gasteiger charge is 2.20. The summed E-state index contributed by atoms with van der Waals surface area (Å²) < 4.78 is 15.3. The van der Waals surface area contributed by atoms with E-state index in [9.17, 15) is 4.39 Å². The average Bonchev–Trinajstić information content (AvgIpc) is 3.02. The molecule has 8 heteroatoms. The van der Waals surface area contributed by atoms with Crippen LogP contribution in [0.25, 0.3) is 11.4 Å². The number of benzene rings is 2. The molecule has 120 valence electrons. The van der Waals surface area contributed by atoms with Crippen LogP contribution in [0.1, 0.15) is 0 Å². The Labute approximate surface area is 146 Å². The summed E-state index contributed by atoms with van der Waals surface area (Å²) in [4.78, 5) is 4.44. The highest BCUT2D eigenvalue weighted by atomic mass is 35.5. The van der Waals surface area contributed by atoms with Gasteiger partial charge < -0.3 is 0 Å². The van der Waals surface area contributed by atoms with Gasteiger partial charge in [-0.15, -0.1) is 10.2 Å². The zero-order chi connectivity index (χ0) is 16.5. The Hall–Kier alpha value is -2.38. The molecular weight excluding hydrogens is 349 g/mol. The van der Waals surface area contributed by atoms with Crippen LogP contribution >= 0.6 is 23.4 Å². The lowest BCUT2D eigenvalue weighted by Crippen LogP contribution is -2.30. The molecule has 24 heavy (non-hydrogen) atoms. The van der Waals surface area contributed by atoms with Gasteiger partial charge in [-0.25, -0.2) is 14.1 Å². The maximum Gasteiger partial charge on any atom is 0.211 e. The normalized spacial score (nSPS) is 15.2. The second-order valence-electron chi connectivity index (χ2n) is 5.07. The molecule has 0 bridgehead atoms. The lowest BCUT2D eigenvalue weighted by molar-refractivity contribution is 0.628. The fourth-order valence-electron chi connectivity index (χ4n) is 2.30. The third-order valence-electron chi connectivity index (χ3n) is 3.41. The SMILES string of the molecule is Fc1cc(N=C2CSc3nnc(-c4ccccc4)n3N2)ccc1Cl. The van der Waals surface area contributed by atoms with Gasteiger partial charge in [0.05, 0.1) is 16.5 Å². The number of aliphatic imine (C=N–C) groups is 1. The van der Waals surface area contributed by atoms with E-state index in [1.807, 2.05) is 30.3 Å². The van der Waals surface area contributed by atoms with E-state index in [-0.39, 0.29) is 5.02 Å². The highest BCUT2D eigenvalue weighted by Crippen LogP contribution is 2.27. The van der Waals surface area contributed by atoms with Crippen molar-refractivity contribution in [2.24, 2.45) is 4.99 Å². The van der Waals surface area contributed by atoms with E-state index in [4.69, 9.17) is 11.6 Å². The Morgan fingerprint density at radius 1 is 1.17 bits per heavy atom. The van der Waals surface area contributed by atoms with Gasteiger partial charge >= 0.3 is 0 Å². The predicted octanol–water partition coefficient (Wildman–Crippen LogP) is 4.12. The third-order valence-corrected chi connectivity index (χ3v) is 4.66. The zero-order valence-corrected chi connectivity index (χ0v) is 13.9. The molecule has 0 unspecified atom stereocenters. The number of thioether (sulfide) groups is 1. The molecule has 0 fully saturated rings. The van der Waals surface area contributed by atoms with Gasteiger partial charge in [-0.3, -0.25) is 5.43 Å².